The summed E-state index contributed by atoms with van der Waals surface area (Å²) >= 11 is 5.27. The fraction of sp³-hybridized carbons (Fsp3) is 0.375. The van der Waals surface area contributed by atoms with Gasteiger partial charge in [-0.3, -0.25) is 14.9 Å². The summed E-state index contributed by atoms with van der Waals surface area (Å²) in [5, 5.41) is 5.70. The molecule has 2 aromatic rings. The van der Waals surface area contributed by atoms with Crippen LogP contribution in [0.25, 0.3) is 0 Å². The van der Waals surface area contributed by atoms with Crippen molar-refractivity contribution in [1.29, 1.82) is 0 Å². The lowest BCUT2D eigenvalue weighted by molar-refractivity contribution is 0.0755. The molecule has 0 aliphatic heterocycles. The van der Waals surface area contributed by atoms with Crippen LogP contribution in [0.1, 0.15) is 47.4 Å². The number of nitrogens with one attached hydrogen (secondary N) is 2. The average molecular weight is 474 g/mol. The molecule has 0 atom stereocenters. The van der Waals surface area contributed by atoms with Crippen molar-refractivity contribution in [2.24, 2.45) is 0 Å². The number of carbonyl (C=O) groups excluding carboxylic acids is 2. The Labute approximate surface area is 200 Å². The number of rotatable bonds is 10. The van der Waals surface area contributed by atoms with E-state index in [0.29, 0.717) is 34.1 Å². The van der Waals surface area contributed by atoms with Crippen LogP contribution in [0.3, 0.4) is 0 Å². The summed E-state index contributed by atoms with van der Waals surface area (Å²) in [4.78, 5) is 27.2. The maximum atomic E-state index is 12.7. The van der Waals surface area contributed by atoms with E-state index in [1.807, 2.05) is 4.90 Å². The van der Waals surface area contributed by atoms with Crippen LogP contribution in [-0.4, -0.2) is 56.2 Å². The molecule has 2 N–H and O–H groups in total. The first-order chi connectivity index (χ1) is 15.9. The molecule has 0 aromatic heterocycles. The SMILES string of the molecule is CCCN(CCC)C(=O)c1ccc(NC(=S)NC(=O)c2cc(OC)c(OC)c(OC)c2)cc1. The van der Waals surface area contributed by atoms with Crippen LogP contribution in [0.5, 0.6) is 17.2 Å². The van der Waals surface area contributed by atoms with Gasteiger partial charge in [0.05, 0.1) is 21.3 Å². The van der Waals surface area contributed by atoms with Crippen molar-refractivity contribution in [3.63, 3.8) is 0 Å². The Hall–Kier alpha value is -3.33. The molecule has 0 unspecified atom stereocenters. The molecule has 0 aliphatic rings. The standard InChI is InChI=1S/C24H31N3O5S/c1-6-12-27(13-7-2)23(29)16-8-10-18(11-9-16)25-24(33)26-22(28)17-14-19(30-3)21(32-5)20(15-17)31-4/h8-11,14-15H,6-7,12-13H2,1-5H3,(H2,25,26,28,33). The molecule has 9 heteroatoms. The first kappa shape index (κ1) is 25.9. The van der Waals surface area contributed by atoms with E-state index < -0.39 is 5.91 Å². The molecule has 0 spiro atoms. The van der Waals surface area contributed by atoms with E-state index in [1.165, 1.54) is 33.5 Å². The molecule has 0 aliphatic carbocycles. The second-order valence-corrected chi connectivity index (χ2v) is 7.60. The van der Waals surface area contributed by atoms with Crippen LogP contribution < -0.4 is 24.8 Å². The molecule has 0 heterocycles. The molecular formula is C24H31N3O5S. The zero-order chi connectivity index (χ0) is 24.4. The number of hydrogen-bond donors (Lipinski definition) is 2. The molecule has 8 nitrogen and oxygen atoms in total. The van der Waals surface area contributed by atoms with Gasteiger partial charge in [0.15, 0.2) is 16.6 Å². The van der Waals surface area contributed by atoms with Gasteiger partial charge in [0.1, 0.15) is 0 Å². The van der Waals surface area contributed by atoms with E-state index in [-0.39, 0.29) is 11.0 Å². The number of benzene rings is 2. The lowest BCUT2D eigenvalue weighted by atomic mass is 10.1. The Morgan fingerprint density at radius 2 is 1.42 bits per heavy atom. The van der Waals surface area contributed by atoms with Gasteiger partial charge < -0.3 is 24.4 Å². The number of nitrogens with zero attached hydrogens (tertiary/aromatic N) is 1. The summed E-state index contributed by atoms with van der Waals surface area (Å²) in [6.45, 7) is 5.56. The average Bonchev–Trinajstić information content (AvgIpc) is 2.82. The number of hydrogen-bond acceptors (Lipinski definition) is 6. The van der Waals surface area contributed by atoms with Gasteiger partial charge in [-0.05, 0) is 61.5 Å². The summed E-state index contributed by atoms with van der Waals surface area (Å²) in [7, 11) is 4.44. The van der Waals surface area contributed by atoms with Crippen LogP contribution in [0.4, 0.5) is 5.69 Å². The number of carbonyl (C=O) groups is 2. The highest BCUT2D eigenvalue weighted by molar-refractivity contribution is 7.80. The smallest absolute Gasteiger partial charge is 0.257 e. The van der Waals surface area contributed by atoms with E-state index in [4.69, 9.17) is 26.4 Å². The Balaban J connectivity index is 2.06. The Kier molecular flexibility index (Phi) is 9.93. The van der Waals surface area contributed by atoms with Crippen molar-refractivity contribution in [1.82, 2.24) is 10.2 Å². The van der Waals surface area contributed by atoms with E-state index in [1.54, 1.807) is 24.3 Å². The zero-order valence-electron chi connectivity index (χ0n) is 19.7. The van der Waals surface area contributed by atoms with Crippen LogP contribution in [0.2, 0.25) is 0 Å². The summed E-state index contributed by atoms with van der Waals surface area (Å²) in [5.41, 5.74) is 1.55. The minimum absolute atomic E-state index is 0.00327. The first-order valence-electron chi connectivity index (χ1n) is 10.7. The molecule has 0 bridgehead atoms. The Bertz CT molecular complexity index is 948. The third-order valence-corrected chi connectivity index (χ3v) is 5.02. The number of thiocarbonyl (C=S) groups is 1. The highest BCUT2D eigenvalue weighted by Crippen LogP contribution is 2.38. The fourth-order valence-corrected chi connectivity index (χ4v) is 3.49. The number of methoxy groups -OCH3 is 3. The Morgan fingerprint density at radius 3 is 1.88 bits per heavy atom. The van der Waals surface area contributed by atoms with Crippen LogP contribution in [-0.2, 0) is 0 Å². The third kappa shape index (κ3) is 6.82. The second kappa shape index (κ2) is 12.6. The molecule has 33 heavy (non-hydrogen) atoms. The Morgan fingerprint density at radius 1 is 0.879 bits per heavy atom. The lowest BCUT2D eigenvalue weighted by Gasteiger charge is -2.21. The maximum absolute atomic E-state index is 12.7. The van der Waals surface area contributed by atoms with Gasteiger partial charge in [-0.25, -0.2) is 0 Å². The van der Waals surface area contributed by atoms with Gasteiger partial charge in [0.2, 0.25) is 5.75 Å². The van der Waals surface area contributed by atoms with Crippen molar-refractivity contribution in [2.75, 3.05) is 39.7 Å². The van der Waals surface area contributed by atoms with Gasteiger partial charge in [0.25, 0.3) is 11.8 Å². The van der Waals surface area contributed by atoms with Crippen molar-refractivity contribution >= 4 is 34.8 Å². The summed E-state index contributed by atoms with van der Waals surface area (Å²) in [5.74, 6) is 0.683. The van der Waals surface area contributed by atoms with Gasteiger partial charge >= 0.3 is 0 Å². The van der Waals surface area contributed by atoms with Crippen molar-refractivity contribution < 1.29 is 23.8 Å². The van der Waals surface area contributed by atoms with Crippen molar-refractivity contribution in [3.8, 4) is 17.2 Å². The van der Waals surface area contributed by atoms with Crippen LogP contribution >= 0.6 is 12.2 Å². The highest BCUT2D eigenvalue weighted by Gasteiger charge is 2.18. The molecule has 0 saturated carbocycles. The molecule has 178 valence electrons. The van der Waals surface area contributed by atoms with Gasteiger partial charge in [-0.2, -0.15) is 0 Å². The largest absolute Gasteiger partial charge is 0.493 e. The number of anilines is 1. The van der Waals surface area contributed by atoms with E-state index in [2.05, 4.69) is 24.5 Å². The summed E-state index contributed by atoms with van der Waals surface area (Å²) in [6, 6.07) is 10.1. The van der Waals surface area contributed by atoms with Crippen LogP contribution in [0, 0.1) is 0 Å². The topological polar surface area (TPSA) is 89.1 Å². The second-order valence-electron chi connectivity index (χ2n) is 7.19. The van der Waals surface area contributed by atoms with Crippen molar-refractivity contribution in [3.05, 3.63) is 47.5 Å². The van der Waals surface area contributed by atoms with Crippen molar-refractivity contribution in [2.45, 2.75) is 26.7 Å². The maximum Gasteiger partial charge on any atom is 0.257 e. The molecule has 2 amide bonds. The van der Waals surface area contributed by atoms with E-state index in [0.717, 1.165) is 25.9 Å². The summed E-state index contributed by atoms with van der Waals surface area (Å²) in [6.07, 6.45) is 1.82. The molecular weight excluding hydrogens is 442 g/mol. The van der Waals surface area contributed by atoms with E-state index in [9.17, 15) is 9.59 Å². The normalized spacial score (nSPS) is 10.2. The number of amides is 2. The van der Waals surface area contributed by atoms with Gasteiger partial charge in [-0.1, -0.05) is 13.8 Å². The quantitative estimate of drug-likeness (QED) is 0.502. The molecule has 0 saturated heterocycles. The molecule has 0 fully saturated rings. The molecule has 2 aromatic carbocycles. The molecule has 0 radical (unpaired) electrons. The minimum atomic E-state index is -0.437. The first-order valence-corrected chi connectivity index (χ1v) is 11.1. The lowest BCUT2D eigenvalue weighted by Crippen LogP contribution is -2.34. The summed E-state index contributed by atoms with van der Waals surface area (Å²) < 4.78 is 15.8. The van der Waals surface area contributed by atoms with Crippen LogP contribution in [0.15, 0.2) is 36.4 Å². The predicted molar refractivity (Wildman–Crippen MR) is 133 cm³/mol. The zero-order valence-corrected chi connectivity index (χ0v) is 20.5. The minimum Gasteiger partial charge on any atom is -0.493 e. The van der Waals surface area contributed by atoms with Gasteiger partial charge in [-0.15, -0.1) is 0 Å². The third-order valence-electron chi connectivity index (χ3n) is 4.82. The van der Waals surface area contributed by atoms with Gasteiger partial charge in [0, 0.05) is 29.9 Å². The number of ether oxygens (including phenoxy) is 3. The fourth-order valence-electron chi connectivity index (χ4n) is 3.28. The molecule has 2 rings (SSSR count). The van der Waals surface area contributed by atoms with E-state index >= 15 is 0 Å². The predicted octanol–water partition coefficient (Wildman–Crippen LogP) is 4.10. The monoisotopic (exact) mass is 473 g/mol. The highest BCUT2D eigenvalue weighted by atomic mass is 32.1.